The molecule has 1 saturated heterocycles. The lowest BCUT2D eigenvalue weighted by atomic mass is 10.2. The predicted molar refractivity (Wildman–Crippen MR) is 92.5 cm³/mol. The average Bonchev–Trinajstić information content (AvgIpc) is 3.31. The molecule has 0 spiro atoms. The van der Waals surface area contributed by atoms with Gasteiger partial charge in [-0.15, -0.1) is 0 Å². The van der Waals surface area contributed by atoms with Crippen molar-refractivity contribution in [2.75, 3.05) is 25.4 Å². The molecule has 0 N–H and O–H groups in total. The fourth-order valence-electron chi connectivity index (χ4n) is 2.81. The van der Waals surface area contributed by atoms with Gasteiger partial charge in [0, 0.05) is 19.0 Å². The highest BCUT2D eigenvalue weighted by atomic mass is 32.2. The fraction of sp³-hybridized carbons (Fsp3) is 0.500. The average molecular weight is 379 g/mol. The number of para-hydroxylation sites is 1. The zero-order valence-electron chi connectivity index (χ0n) is 14.5. The standard InChI is InChI=1S/C16H21N5O4S/c1-13(11-25-16(22)20-9-5-6-10-20)12-26(23,24)15-17-18-19-21(15)14-7-3-2-4-8-14/h2-4,7-8,13H,5-6,9-12H2,1H3. The van der Waals surface area contributed by atoms with E-state index in [4.69, 9.17) is 4.74 Å². The van der Waals surface area contributed by atoms with E-state index in [1.807, 2.05) is 6.07 Å². The summed E-state index contributed by atoms with van der Waals surface area (Å²) in [6, 6.07) is 8.80. The Bertz CT molecular complexity index is 847. The summed E-state index contributed by atoms with van der Waals surface area (Å²) in [5.74, 6) is -0.597. The summed E-state index contributed by atoms with van der Waals surface area (Å²) < 4.78 is 31.8. The van der Waals surface area contributed by atoms with Crippen LogP contribution in [0.4, 0.5) is 4.79 Å². The zero-order valence-corrected chi connectivity index (χ0v) is 15.3. The van der Waals surface area contributed by atoms with Crippen molar-refractivity contribution < 1.29 is 17.9 Å². The molecule has 2 aromatic rings. The first kappa shape index (κ1) is 18.3. The number of hydrogen-bond acceptors (Lipinski definition) is 7. The van der Waals surface area contributed by atoms with Crippen molar-refractivity contribution in [3.8, 4) is 5.69 Å². The van der Waals surface area contributed by atoms with Crippen molar-refractivity contribution in [2.24, 2.45) is 5.92 Å². The van der Waals surface area contributed by atoms with Crippen LogP contribution in [0.15, 0.2) is 35.5 Å². The zero-order chi connectivity index (χ0) is 18.6. The van der Waals surface area contributed by atoms with Crippen LogP contribution >= 0.6 is 0 Å². The second-order valence-electron chi connectivity index (χ2n) is 6.37. The number of sulfone groups is 1. The Balaban J connectivity index is 1.64. The molecule has 1 aliphatic heterocycles. The Hall–Kier alpha value is -2.49. The summed E-state index contributed by atoms with van der Waals surface area (Å²) in [5, 5.41) is 10.7. The molecule has 1 fully saturated rings. The maximum absolute atomic E-state index is 12.7. The first-order valence-electron chi connectivity index (χ1n) is 8.45. The highest BCUT2D eigenvalue weighted by molar-refractivity contribution is 7.91. The summed E-state index contributed by atoms with van der Waals surface area (Å²) in [6.45, 7) is 3.13. The van der Waals surface area contributed by atoms with Crippen LogP contribution in [0.2, 0.25) is 0 Å². The van der Waals surface area contributed by atoms with E-state index in [1.54, 1.807) is 36.1 Å². The summed E-state index contributed by atoms with van der Waals surface area (Å²) in [6.07, 6.45) is 1.56. The molecule has 1 aromatic heterocycles. The molecular formula is C16H21N5O4S. The molecule has 140 valence electrons. The van der Waals surface area contributed by atoms with Crippen molar-refractivity contribution in [3.63, 3.8) is 0 Å². The first-order chi connectivity index (χ1) is 12.5. The monoisotopic (exact) mass is 379 g/mol. The number of carbonyl (C=O) groups excluding carboxylic acids is 1. The van der Waals surface area contributed by atoms with Crippen LogP contribution < -0.4 is 0 Å². The van der Waals surface area contributed by atoms with Gasteiger partial charge in [0.05, 0.1) is 18.0 Å². The lowest BCUT2D eigenvalue weighted by molar-refractivity contribution is 0.0998. The van der Waals surface area contributed by atoms with Crippen molar-refractivity contribution in [1.29, 1.82) is 0 Å². The third-order valence-corrected chi connectivity index (χ3v) is 5.90. The van der Waals surface area contributed by atoms with E-state index in [2.05, 4.69) is 15.5 Å². The topological polar surface area (TPSA) is 107 Å². The van der Waals surface area contributed by atoms with Crippen molar-refractivity contribution in [1.82, 2.24) is 25.1 Å². The largest absolute Gasteiger partial charge is 0.449 e. The maximum atomic E-state index is 12.7. The van der Waals surface area contributed by atoms with E-state index in [9.17, 15) is 13.2 Å². The van der Waals surface area contributed by atoms with Gasteiger partial charge in [-0.3, -0.25) is 0 Å². The molecule has 9 nitrogen and oxygen atoms in total. The second kappa shape index (κ2) is 7.81. The highest BCUT2D eigenvalue weighted by Gasteiger charge is 2.27. The van der Waals surface area contributed by atoms with Crippen LogP contribution in [-0.2, 0) is 14.6 Å². The Morgan fingerprint density at radius 3 is 2.62 bits per heavy atom. The summed E-state index contributed by atoms with van der Waals surface area (Å²) in [4.78, 5) is 13.5. The molecule has 1 atom stereocenters. The molecule has 1 amide bonds. The third-order valence-electron chi connectivity index (χ3n) is 4.08. The summed E-state index contributed by atoms with van der Waals surface area (Å²) in [7, 11) is -3.74. The predicted octanol–water partition coefficient (Wildman–Crippen LogP) is 1.30. The third kappa shape index (κ3) is 4.18. The van der Waals surface area contributed by atoms with E-state index >= 15 is 0 Å². The van der Waals surface area contributed by atoms with E-state index in [1.165, 1.54) is 4.68 Å². The van der Waals surface area contributed by atoms with Gasteiger partial charge in [0.1, 0.15) is 0 Å². The van der Waals surface area contributed by atoms with Crippen LogP contribution in [0.1, 0.15) is 19.8 Å². The quantitative estimate of drug-likeness (QED) is 0.744. The number of aromatic nitrogens is 4. The second-order valence-corrected chi connectivity index (χ2v) is 8.29. The van der Waals surface area contributed by atoms with Crippen LogP contribution in [0.3, 0.4) is 0 Å². The molecule has 1 aromatic carbocycles. The molecule has 10 heteroatoms. The number of hydrogen-bond donors (Lipinski definition) is 0. The molecular weight excluding hydrogens is 358 g/mol. The van der Waals surface area contributed by atoms with Crippen molar-refractivity contribution in [3.05, 3.63) is 30.3 Å². The van der Waals surface area contributed by atoms with Crippen molar-refractivity contribution >= 4 is 15.9 Å². The number of ether oxygens (including phenoxy) is 1. The van der Waals surface area contributed by atoms with Crippen LogP contribution in [0.5, 0.6) is 0 Å². The van der Waals surface area contributed by atoms with Crippen molar-refractivity contribution in [2.45, 2.75) is 24.9 Å². The van der Waals surface area contributed by atoms with Gasteiger partial charge < -0.3 is 9.64 Å². The number of tetrazole rings is 1. The molecule has 1 aliphatic rings. The van der Waals surface area contributed by atoms with Gasteiger partial charge in [-0.25, -0.2) is 13.2 Å². The minimum atomic E-state index is -3.74. The number of likely N-dealkylation sites (tertiary alicyclic amines) is 1. The van der Waals surface area contributed by atoms with Gasteiger partial charge in [-0.1, -0.05) is 30.2 Å². The minimum Gasteiger partial charge on any atom is -0.449 e. The van der Waals surface area contributed by atoms with E-state index in [0.717, 1.165) is 12.8 Å². The molecule has 0 saturated carbocycles. The van der Waals surface area contributed by atoms with E-state index in [0.29, 0.717) is 18.8 Å². The first-order valence-corrected chi connectivity index (χ1v) is 10.1. The smallest absolute Gasteiger partial charge is 0.409 e. The van der Waals surface area contributed by atoms with Crippen LogP contribution in [-0.4, -0.2) is 65.1 Å². The molecule has 2 heterocycles. The Morgan fingerprint density at radius 1 is 1.23 bits per heavy atom. The number of nitrogens with zero attached hydrogens (tertiary/aromatic N) is 5. The molecule has 1 unspecified atom stereocenters. The van der Waals surface area contributed by atoms with E-state index < -0.39 is 9.84 Å². The molecule has 0 aliphatic carbocycles. The molecule has 26 heavy (non-hydrogen) atoms. The summed E-state index contributed by atoms with van der Waals surface area (Å²) >= 11 is 0. The highest BCUT2D eigenvalue weighted by Crippen LogP contribution is 2.16. The molecule has 0 bridgehead atoms. The summed E-state index contributed by atoms with van der Waals surface area (Å²) in [5.41, 5.74) is 0.559. The van der Waals surface area contributed by atoms with E-state index in [-0.39, 0.29) is 29.5 Å². The Kier molecular flexibility index (Phi) is 5.50. The lowest BCUT2D eigenvalue weighted by Gasteiger charge is -2.17. The molecule has 3 rings (SSSR count). The maximum Gasteiger partial charge on any atom is 0.409 e. The van der Waals surface area contributed by atoms with Gasteiger partial charge in [-0.2, -0.15) is 4.68 Å². The minimum absolute atomic E-state index is 0.0292. The van der Waals surface area contributed by atoms with Crippen LogP contribution in [0.25, 0.3) is 5.69 Å². The van der Waals surface area contributed by atoms with Crippen LogP contribution in [0, 0.1) is 5.92 Å². The lowest BCUT2D eigenvalue weighted by Crippen LogP contribution is -2.30. The van der Waals surface area contributed by atoms with Gasteiger partial charge in [0.2, 0.25) is 9.84 Å². The van der Waals surface area contributed by atoms with Gasteiger partial charge in [0.25, 0.3) is 5.16 Å². The number of rotatable bonds is 6. The SMILES string of the molecule is CC(COC(=O)N1CCCC1)CS(=O)(=O)c1nnnn1-c1ccccc1. The number of benzene rings is 1. The molecule has 0 radical (unpaired) electrons. The Labute approximate surface area is 151 Å². The number of amides is 1. The van der Waals surface area contributed by atoms with Gasteiger partial charge >= 0.3 is 6.09 Å². The van der Waals surface area contributed by atoms with Gasteiger partial charge in [0.15, 0.2) is 0 Å². The van der Waals surface area contributed by atoms with Gasteiger partial charge in [-0.05, 0) is 35.4 Å². The normalized spacial score (nSPS) is 15.8. The Morgan fingerprint density at radius 2 is 1.92 bits per heavy atom. The number of carbonyl (C=O) groups is 1. The fourth-order valence-corrected chi connectivity index (χ4v) is 4.37.